The first-order valence-electron chi connectivity index (χ1n) is 8.55. The van der Waals surface area contributed by atoms with Gasteiger partial charge in [0.1, 0.15) is 5.00 Å². The van der Waals surface area contributed by atoms with E-state index in [0.717, 1.165) is 11.3 Å². The molecule has 0 radical (unpaired) electrons. The first-order chi connectivity index (χ1) is 12.7. The fourth-order valence-electron chi connectivity index (χ4n) is 2.65. The summed E-state index contributed by atoms with van der Waals surface area (Å²) in [4.78, 5) is 52.1. The number of nitrogens with one attached hydrogen (secondary N) is 2. The van der Waals surface area contributed by atoms with Gasteiger partial charge in [-0.1, -0.05) is 0 Å². The number of carbonyl (C=O) groups is 4. The second kappa shape index (κ2) is 8.96. The van der Waals surface area contributed by atoms with Crippen molar-refractivity contribution in [1.29, 1.82) is 0 Å². The molecule has 1 aromatic rings. The van der Waals surface area contributed by atoms with Crippen molar-refractivity contribution in [1.82, 2.24) is 15.1 Å². The zero-order valence-electron chi connectivity index (χ0n) is 15.9. The number of rotatable bonds is 6. The third-order valence-electron chi connectivity index (χ3n) is 3.96. The van der Waals surface area contributed by atoms with E-state index in [4.69, 9.17) is 4.74 Å². The Hall–Kier alpha value is -2.46. The van der Waals surface area contributed by atoms with Crippen molar-refractivity contribution in [2.45, 2.75) is 13.8 Å². The van der Waals surface area contributed by atoms with E-state index >= 15 is 0 Å². The predicted octanol–water partition coefficient (Wildman–Crippen LogP) is 0.305. The minimum atomic E-state index is -0.586. The molecule has 0 aromatic carbocycles. The minimum absolute atomic E-state index is 0.0175. The highest BCUT2D eigenvalue weighted by Crippen LogP contribution is 2.34. The number of nitrogens with zero attached hydrogens (tertiary/aromatic N) is 2. The number of piperazine rings is 1. The fraction of sp³-hybridized carbons (Fsp3) is 0.529. The molecule has 0 atom stereocenters. The Morgan fingerprint density at radius 2 is 2.04 bits per heavy atom. The van der Waals surface area contributed by atoms with Gasteiger partial charge in [0.2, 0.25) is 11.8 Å². The van der Waals surface area contributed by atoms with Crippen LogP contribution in [0.15, 0.2) is 0 Å². The highest BCUT2D eigenvalue weighted by atomic mass is 32.1. The van der Waals surface area contributed by atoms with Crippen LogP contribution in [0.5, 0.6) is 0 Å². The van der Waals surface area contributed by atoms with E-state index in [1.807, 2.05) is 0 Å². The summed E-state index contributed by atoms with van der Waals surface area (Å²) in [6, 6.07) is 0. The summed E-state index contributed by atoms with van der Waals surface area (Å²) < 4.78 is 5.08. The van der Waals surface area contributed by atoms with Gasteiger partial charge < -0.3 is 20.3 Å². The Labute approximate surface area is 161 Å². The zero-order valence-corrected chi connectivity index (χ0v) is 16.7. The summed E-state index contributed by atoms with van der Waals surface area (Å²) in [5.74, 6) is -1.33. The van der Waals surface area contributed by atoms with E-state index in [0.29, 0.717) is 23.5 Å². The van der Waals surface area contributed by atoms with Crippen LogP contribution >= 0.6 is 11.3 Å². The maximum absolute atomic E-state index is 12.4. The average molecular weight is 396 g/mol. The Morgan fingerprint density at radius 1 is 1.33 bits per heavy atom. The summed E-state index contributed by atoms with van der Waals surface area (Å²) in [6.07, 6.45) is 0. The van der Waals surface area contributed by atoms with Gasteiger partial charge in [-0.15, -0.1) is 11.3 Å². The lowest BCUT2D eigenvalue weighted by Crippen LogP contribution is -2.49. The molecule has 1 aromatic heterocycles. The Morgan fingerprint density at radius 3 is 2.63 bits per heavy atom. The molecule has 1 fully saturated rings. The lowest BCUT2D eigenvalue weighted by Gasteiger charge is -2.25. The third-order valence-corrected chi connectivity index (χ3v) is 5.16. The predicted molar refractivity (Wildman–Crippen MR) is 101 cm³/mol. The van der Waals surface area contributed by atoms with Crippen LogP contribution in [-0.2, 0) is 14.3 Å². The first kappa shape index (κ1) is 20.8. The lowest BCUT2D eigenvalue weighted by molar-refractivity contribution is -0.125. The summed E-state index contributed by atoms with van der Waals surface area (Å²) in [5, 5.41) is 5.68. The molecule has 2 heterocycles. The maximum Gasteiger partial charge on any atom is 0.341 e. The van der Waals surface area contributed by atoms with Crippen LogP contribution in [0.2, 0.25) is 0 Å². The monoisotopic (exact) mass is 396 g/mol. The molecule has 1 saturated heterocycles. The molecule has 0 spiro atoms. The number of amides is 3. The number of hydrogen-bond acceptors (Lipinski definition) is 7. The number of hydrogen-bond donors (Lipinski definition) is 2. The van der Waals surface area contributed by atoms with Crippen LogP contribution < -0.4 is 10.6 Å². The molecule has 0 saturated carbocycles. The Bertz CT molecular complexity index is 759. The van der Waals surface area contributed by atoms with Gasteiger partial charge in [0.15, 0.2) is 0 Å². The highest BCUT2D eigenvalue weighted by molar-refractivity contribution is 7.18. The van der Waals surface area contributed by atoms with Gasteiger partial charge >= 0.3 is 5.97 Å². The number of ether oxygens (including phenoxy) is 1. The molecule has 1 aliphatic heterocycles. The molecule has 10 heteroatoms. The van der Waals surface area contributed by atoms with Gasteiger partial charge in [0.25, 0.3) is 5.91 Å². The molecule has 148 valence electrons. The van der Waals surface area contributed by atoms with Crippen LogP contribution in [0.25, 0.3) is 0 Å². The molecule has 0 unspecified atom stereocenters. The molecule has 2 N–H and O–H groups in total. The highest BCUT2D eigenvalue weighted by Gasteiger charge is 2.28. The quantitative estimate of drug-likeness (QED) is 0.670. The van der Waals surface area contributed by atoms with Crippen molar-refractivity contribution in [2.24, 2.45) is 0 Å². The van der Waals surface area contributed by atoms with Crippen LogP contribution in [0.4, 0.5) is 5.00 Å². The average Bonchev–Trinajstić information content (AvgIpc) is 2.90. The summed E-state index contributed by atoms with van der Waals surface area (Å²) in [6.45, 7) is 4.74. The van der Waals surface area contributed by atoms with Crippen LogP contribution in [0.3, 0.4) is 0 Å². The van der Waals surface area contributed by atoms with Gasteiger partial charge in [-0.05, 0) is 19.4 Å². The van der Waals surface area contributed by atoms with Crippen LogP contribution in [-0.4, -0.2) is 80.4 Å². The summed E-state index contributed by atoms with van der Waals surface area (Å²) in [5.41, 5.74) is 0.668. The van der Waals surface area contributed by atoms with Gasteiger partial charge in [-0.2, -0.15) is 0 Å². The van der Waals surface area contributed by atoms with Crippen molar-refractivity contribution >= 4 is 40.0 Å². The summed E-state index contributed by atoms with van der Waals surface area (Å²) in [7, 11) is 3.23. The number of thiophene rings is 1. The topological polar surface area (TPSA) is 108 Å². The normalized spacial score (nSPS) is 14.4. The number of carbonyl (C=O) groups excluding carboxylic acids is 4. The van der Waals surface area contributed by atoms with Crippen molar-refractivity contribution in [3.63, 3.8) is 0 Å². The van der Waals surface area contributed by atoms with E-state index in [-0.39, 0.29) is 48.0 Å². The third kappa shape index (κ3) is 5.04. The van der Waals surface area contributed by atoms with Crippen LogP contribution in [0, 0.1) is 6.92 Å². The SMILES string of the molecule is CCOC(=O)c1c(NC(=O)CN2CCNC(=O)C2)sc(C(=O)N(C)C)c1C. The Kier molecular flexibility index (Phi) is 6.92. The molecule has 3 amide bonds. The molecule has 9 nitrogen and oxygen atoms in total. The van der Waals surface area contributed by atoms with Crippen molar-refractivity contribution in [3.8, 4) is 0 Å². The smallest absolute Gasteiger partial charge is 0.341 e. The molecule has 0 aliphatic carbocycles. The van der Waals surface area contributed by atoms with Gasteiger partial charge in [-0.25, -0.2) is 4.79 Å². The van der Waals surface area contributed by atoms with Crippen molar-refractivity contribution in [3.05, 3.63) is 16.0 Å². The van der Waals surface area contributed by atoms with E-state index in [1.165, 1.54) is 4.90 Å². The minimum Gasteiger partial charge on any atom is -0.462 e. The summed E-state index contributed by atoms with van der Waals surface area (Å²) >= 11 is 1.05. The maximum atomic E-state index is 12.4. The fourth-order valence-corrected chi connectivity index (χ4v) is 3.89. The largest absolute Gasteiger partial charge is 0.462 e. The zero-order chi connectivity index (χ0) is 20.1. The van der Waals surface area contributed by atoms with E-state index < -0.39 is 5.97 Å². The van der Waals surface area contributed by atoms with E-state index in [9.17, 15) is 19.2 Å². The standard InChI is InChI=1S/C17H24N4O5S/c1-5-26-17(25)13-10(2)14(16(24)20(3)4)27-15(13)19-12(23)9-21-7-6-18-11(22)8-21/h5-9H2,1-4H3,(H,18,22)(H,19,23). The molecular formula is C17H24N4O5S. The molecule has 2 rings (SSSR count). The first-order valence-corrected chi connectivity index (χ1v) is 9.37. The van der Waals surface area contributed by atoms with Crippen molar-refractivity contribution < 1.29 is 23.9 Å². The number of anilines is 1. The van der Waals surface area contributed by atoms with E-state index in [2.05, 4.69) is 10.6 Å². The molecular weight excluding hydrogens is 372 g/mol. The molecule has 0 bridgehead atoms. The Balaban J connectivity index is 2.24. The van der Waals surface area contributed by atoms with E-state index in [1.54, 1.807) is 32.8 Å². The second-order valence-electron chi connectivity index (χ2n) is 6.29. The second-order valence-corrected chi connectivity index (χ2v) is 7.31. The van der Waals surface area contributed by atoms with Crippen LogP contribution in [0.1, 0.15) is 32.5 Å². The molecule has 27 heavy (non-hydrogen) atoms. The number of esters is 1. The van der Waals surface area contributed by atoms with Gasteiger partial charge in [0.05, 0.1) is 30.1 Å². The van der Waals surface area contributed by atoms with Gasteiger partial charge in [-0.3, -0.25) is 19.3 Å². The van der Waals surface area contributed by atoms with Gasteiger partial charge in [0, 0.05) is 27.2 Å². The lowest BCUT2D eigenvalue weighted by atomic mass is 10.1. The van der Waals surface area contributed by atoms with Crippen molar-refractivity contribution in [2.75, 3.05) is 52.2 Å². The molecule has 1 aliphatic rings.